The fraction of sp³-hybridized carbons (Fsp3) is 0.222. The maximum atomic E-state index is 13.0. The molecular formula is C18H16Cl2N2O2S. The van der Waals surface area contributed by atoms with E-state index in [4.69, 9.17) is 27.9 Å². The molecule has 1 atom stereocenters. The van der Waals surface area contributed by atoms with E-state index in [0.717, 1.165) is 10.6 Å². The summed E-state index contributed by atoms with van der Waals surface area (Å²) in [5.74, 6) is 1.15. The van der Waals surface area contributed by atoms with Crippen LogP contribution >= 0.6 is 35.0 Å². The largest absolute Gasteiger partial charge is 0.462 e. The maximum absolute atomic E-state index is 13.0. The molecule has 1 aromatic carbocycles. The standard InChI is InChI=1S/C18H16Cl2N2O2S/c1-3-25-11-6-7-22-14(9-11)15-16(23)17(24-18(15)21-2)12-5-4-10(19)8-13(12)20/h4-9,17,21H,3H2,1-2H3. The van der Waals surface area contributed by atoms with Crippen molar-refractivity contribution >= 4 is 46.3 Å². The minimum absolute atomic E-state index is 0.181. The molecule has 25 heavy (non-hydrogen) atoms. The van der Waals surface area contributed by atoms with Crippen molar-refractivity contribution in [2.75, 3.05) is 12.8 Å². The van der Waals surface area contributed by atoms with E-state index in [0.29, 0.717) is 32.8 Å². The van der Waals surface area contributed by atoms with Crippen LogP contribution in [-0.4, -0.2) is 23.6 Å². The highest BCUT2D eigenvalue weighted by atomic mass is 35.5. The molecule has 0 fully saturated rings. The average molecular weight is 395 g/mol. The minimum Gasteiger partial charge on any atom is -0.462 e. The Morgan fingerprint density at radius 1 is 1.28 bits per heavy atom. The van der Waals surface area contributed by atoms with Crippen LogP contribution in [0.2, 0.25) is 10.0 Å². The number of rotatable bonds is 5. The second-order valence-electron chi connectivity index (χ2n) is 5.29. The first-order valence-corrected chi connectivity index (χ1v) is 9.46. The van der Waals surface area contributed by atoms with E-state index in [-0.39, 0.29) is 5.78 Å². The van der Waals surface area contributed by atoms with E-state index < -0.39 is 6.10 Å². The zero-order valence-electron chi connectivity index (χ0n) is 13.7. The molecule has 0 spiro atoms. The lowest BCUT2D eigenvalue weighted by molar-refractivity contribution is -0.120. The number of pyridine rings is 1. The molecule has 1 aromatic heterocycles. The third kappa shape index (κ3) is 3.64. The van der Waals surface area contributed by atoms with Crippen LogP contribution in [-0.2, 0) is 9.53 Å². The second kappa shape index (κ2) is 7.68. The average Bonchev–Trinajstić information content (AvgIpc) is 2.92. The molecule has 0 amide bonds. The number of hydrogen-bond acceptors (Lipinski definition) is 5. The lowest BCUT2D eigenvalue weighted by Crippen LogP contribution is -2.11. The van der Waals surface area contributed by atoms with Crippen molar-refractivity contribution < 1.29 is 9.53 Å². The van der Waals surface area contributed by atoms with Crippen molar-refractivity contribution in [1.82, 2.24) is 10.3 Å². The summed E-state index contributed by atoms with van der Waals surface area (Å²) in [6.07, 6.45) is 0.884. The highest BCUT2D eigenvalue weighted by molar-refractivity contribution is 7.99. The molecule has 0 aliphatic carbocycles. The summed E-state index contributed by atoms with van der Waals surface area (Å²) in [6.45, 7) is 2.07. The number of carbonyl (C=O) groups is 1. The third-order valence-corrected chi connectivity index (χ3v) is 5.16. The Hall–Kier alpha value is -1.69. The molecule has 7 heteroatoms. The highest BCUT2D eigenvalue weighted by Gasteiger charge is 2.38. The molecule has 4 nitrogen and oxygen atoms in total. The smallest absolute Gasteiger partial charge is 0.215 e. The predicted octanol–water partition coefficient (Wildman–Crippen LogP) is 4.73. The van der Waals surface area contributed by atoms with Crippen LogP contribution in [0.3, 0.4) is 0 Å². The number of carbonyl (C=O) groups excluding carboxylic acids is 1. The van der Waals surface area contributed by atoms with Crippen molar-refractivity contribution in [2.45, 2.75) is 17.9 Å². The fourth-order valence-corrected chi connectivity index (χ4v) is 3.82. The Kier molecular flexibility index (Phi) is 5.57. The second-order valence-corrected chi connectivity index (χ2v) is 7.47. The Balaban J connectivity index is 1.99. The summed E-state index contributed by atoms with van der Waals surface area (Å²) >= 11 is 13.9. The van der Waals surface area contributed by atoms with Gasteiger partial charge in [0.15, 0.2) is 6.10 Å². The minimum atomic E-state index is -0.813. The molecule has 0 saturated heterocycles. The Bertz CT molecular complexity index is 855. The van der Waals surface area contributed by atoms with Gasteiger partial charge in [-0.2, -0.15) is 0 Å². The van der Waals surface area contributed by atoms with Crippen LogP contribution in [0.5, 0.6) is 0 Å². The quantitative estimate of drug-likeness (QED) is 0.742. The summed E-state index contributed by atoms with van der Waals surface area (Å²) in [6, 6.07) is 8.81. The van der Waals surface area contributed by atoms with E-state index in [9.17, 15) is 4.79 Å². The number of ketones is 1. The number of aromatic nitrogens is 1. The van der Waals surface area contributed by atoms with Gasteiger partial charge in [-0.3, -0.25) is 9.78 Å². The van der Waals surface area contributed by atoms with E-state index >= 15 is 0 Å². The van der Waals surface area contributed by atoms with Crippen LogP contribution in [0.1, 0.15) is 24.3 Å². The zero-order chi connectivity index (χ0) is 18.0. The van der Waals surface area contributed by atoms with Crippen molar-refractivity contribution in [2.24, 2.45) is 0 Å². The van der Waals surface area contributed by atoms with Gasteiger partial charge >= 0.3 is 0 Å². The maximum Gasteiger partial charge on any atom is 0.215 e. The van der Waals surface area contributed by atoms with Gasteiger partial charge in [-0.25, -0.2) is 0 Å². The molecule has 1 N–H and O–H groups in total. The van der Waals surface area contributed by atoms with Gasteiger partial charge in [-0.15, -0.1) is 11.8 Å². The molecule has 2 aromatic rings. The number of Topliss-reactive ketones (excluding diaryl/α,β-unsaturated/α-hetero) is 1. The highest BCUT2D eigenvalue weighted by Crippen LogP contribution is 2.39. The number of thioether (sulfide) groups is 1. The summed E-state index contributed by atoms with van der Waals surface area (Å²) in [7, 11) is 1.71. The first-order chi connectivity index (χ1) is 12.0. The molecule has 3 rings (SSSR count). The Morgan fingerprint density at radius 3 is 2.76 bits per heavy atom. The van der Waals surface area contributed by atoms with Crippen molar-refractivity contribution in [3.63, 3.8) is 0 Å². The zero-order valence-corrected chi connectivity index (χ0v) is 16.0. The van der Waals surface area contributed by atoms with Crippen molar-refractivity contribution in [3.8, 4) is 0 Å². The summed E-state index contributed by atoms with van der Waals surface area (Å²) in [4.78, 5) is 18.4. The van der Waals surface area contributed by atoms with Gasteiger partial charge < -0.3 is 10.1 Å². The third-order valence-electron chi connectivity index (χ3n) is 3.72. The van der Waals surface area contributed by atoms with E-state index in [2.05, 4.69) is 17.2 Å². The molecular weight excluding hydrogens is 379 g/mol. The van der Waals surface area contributed by atoms with Gasteiger partial charge in [0.05, 0.1) is 5.69 Å². The molecule has 2 heterocycles. The van der Waals surface area contributed by atoms with Crippen LogP contribution in [0.25, 0.3) is 5.57 Å². The monoisotopic (exact) mass is 394 g/mol. The SMILES string of the molecule is CCSc1ccnc(C2=C(NC)OC(c3ccc(Cl)cc3Cl)C2=O)c1. The molecule has 0 bridgehead atoms. The first-order valence-electron chi connectivity index (χ1n) is 7.72. The van der Waals surface area contributed by atoms with Crippen LogP contribution in [0, 0.1) is 0 Å². The summed E-state index contributed by atoms with van der Waals surface area (Å²) < 4.78 is 5.84. The normalized spacial score (nSPS) is 17.0. The van der Waals surface area contributed by atoms with Gasteiger partial charge in [-0.05, 0) is 30.0 Å². The molecule has 1 aliphatic heterocycles. The number of ether oxygens (including phenoxy) is 1. The molecule has 1 aliphatic rings. The van der Waals surface area contributed by atoms with Crippen LogP contribution < -0.4 is 5.32 Å². The van der Waals surface area contributed by atoms with Gasteiger partial charge in [0.2, 0.25) is 11.7 Å². The van der Waals surface area contributed by atoms with E-state index in [1.165, 1.54) is 0 Å². The van der Waals surface area contributed by atoms with Crippen LogP contribution in [0.4, 0.5) is 0 Å². The van der Waals surface area contributed by atoms with Gasteiger partial charge in [0, 0.05) is 33.7 Å². The summed E-state index contributed by atoms with van der Waals surface area (Å²) in [5.41, 5.74) is 1.59. The van der Waals surface area contributed by atoms with Crippen molar-refractivity contribution in [3.05, 3.63) is 63.7 Å². The molecule has 0 radical (unpaired) electrons. The van der Waals surface area contributed by atoms with Crippen LogP contribution in [0.15, 0.2) is 47.3 Å². The lowest BCUT2D eigenvalue weighted by Gasteiger charge is -2.13. The lowest BCUT2D eigenvalue weighted by atomic mass is 10.00. The summed E-state index contributed by atoms with van der Waals surface area (Å²) in [5, 5.41) is 3.85. The Morgan fingerprint density at radius 2 is 2.08 bits per heavy atom. The molecule has 130 valence electrons. The van der Waals surface area contributed by atoms with Gasteiger partial charge in [0.25, 0.3) is 0 Å². The number of hydrogen-bond donors (Lipinski definition) is 1. The number of nitrogens with one attached hydrogen (secondary N) is 1. The molecule has 1 unspecified atom stereocenters. The topological polar surface area (TPSA) is 51.2 Å². The fourth-order valence-electron chi connectivity index (χ4n) is 2.62. The number of halogens is 2. The first kappa shape index (κ1) is 18.1. The van der Waals surface area contributed by atoms with E-state index in [1.54, 1.807) is 43.2 Å². The van der Waals surface area contributed by atoms with E-state index in [1.807, 2.05) is 12.1 Å². The van der Waals surface area contributed by atoms with Crippen molar-refractivity contribution in [1.29, 1.82) is 0 Å². The Labute approximate surface area is 160 Å². The molecule has 0 saturated carbocycles. The number of benzene rings is 1. The van der Waals surface area contributed by atoms with Gasteiger partial charge in [-0.1, -0.05) is 36.2 Å². The number of nitrogens with zero attached hydrogens (tertiary/aromatic N) is 1. The predicted molar refractivity (Wildman–Crippen MR) is 102 cm³/mol. The van der Waals surface area contributed by atoms with Gasteiger partial charge in [0.1, 0.15) is 5.57 Å².